The number of carbonyl (C=O) groups is 1. The zero-order valence-corrected chi connectivity index (χ0v) is 13.0. The van der Waals surface area contributed by atoms with Gasteiger partial charge in [0.1, 0.15) is 0 Å². The van der Waals surface area contributed by atoms with E-state index >= 15 is 0 Å². The first kappa shape index (κ1) is 17.3. The number of anilines is 2. The molecule has 0 saturated carbocycles. The zero-order valence-electron chi connectivity index (χ0n) is 12.2. The first-order chi connectivity index (χ1) is 9.89. The van der Waals surface area contributed by atoms with Crippen molar-refractivity contribution in [3.05, 3.63) is 23.8 Å². The molecule has 4 N–H and O–H groups in total. The van der Waals surface area contributed by atoms with Gasteiger partial charge in [0.2, 0.25) is 10.0 Å². The van der Waals surface area contributed by atoms with E-state index in [1.165, 1.54) is 6.07 Å². The molecule has 0 heterocycles. The van der Waals surface area contributed by atoms with Crippen LogP contribution in [0.5, 0.6) is 0 Å². The van der Waals surface area contributed by atoms with Crippen LogP contribution < -0.4 is 15.8 Å². The minimum atomic E-state index is -3.31. The van der Waals surface area contributed by atoms with Crippen LogP contribution in [-0.4, -0.2) is 39.8 Å². The topological polar surface area (TPSA) is 111 Å². The summed E-state index contributed by atoms with van der Waals surface area (Å²) in [4.78, 5) is 11.8. The van der Waals surface area contributed by atoms with Crippen molar-refractivity contribution in [1.82, 2.24) is 4.72 Å². The number of hydrogen-bond acceptors (Lipinski definition) is 6. The molecule has 0 spiro atoms. The van der Waals surface area contributed by atoms with E-state index in [4.69, 9.17) is 10.5 Å². The quantitative estimate of drug-likeness (QED) is 0.483. The van der Waals surface area contributed by atoms with Crippen molar-refractivity contribution in [1.29, 1.82) is 0 Å². The third-order valence-electron chi connectivity index (χ3n) is 2.59. The first-order valence-corrected chi connectivity index (χ1v) is 8.32. The highest BCUT2D eigenvalue weighted by atomic mass is 32.2. The van der Waals surface area contributed by atoms with Crippen molar-refractivity contribution < 1.29 is 17.9 Å². The van der Waals surface area contributed by atoms with E-state index < -0.39 is 16.0 Å². The molecule has 0 atom stereocenters. The fourth-order valence-electron chi connectivity index (χ4n) is 1.71. The molecule has 0 saturated heterocycles. The zero-order chi connectivity index (χ0) is 15.9. The van der Waals surface area contributed by atoms with Crippen LogP contribution in [0.4, 0.5) is 11.4 Å². The van der Waals surface area contributed by atoms with Crippen LogP contribution in [0.25, 0.3) is 0 Å². The van der Waals surface area contributed by atoms with E-state index in [0.29, 0.717) is 17.9 Å². The highest BCUT2D eigenvalue weighted by Crippen LogP contribution is 2.19. The molecule has 0 fully saturated rings. The van der Waals surface area contributed by atoms with Crippen molar-refractivity contribution in [3.63, 3.8) is 0 Å². The number of ether oxygens (including phenoxy) is 1. The number of nitrogens with two attached hydrogens (primary N) is 1. The van der Waals surface area contributed by atoms with E-state index in [1.807, 2.05) is 0 Å². The maximum atomic E-state index is 11.8. The summed E-state index contributed by atoms with van der Waals surface area (Å²) in [5, 5.41) is 2.92. The first-order valence-electron chi connectivity index (χ1n) is 6.67. The Morgan fingerprint density at radius 1 is 1.33 bits per heavy atom. The molecular formula is C13H21N3O4S. The average molecular weight is 315 g/mol. The summed E-state index contributed by atoms with van der Waals surface area (Å²) in [5.41, 5.74) is 6.88. The fraction of sp³-hybridized carbons (Fsp3) is 0.462. The number of benzene rings is 1. The fourth-order valence-corrected chi connectivity index (χ4v) is 2.66. The molecule has 8 heteroatoms. The lowest BCUT2D eigenvalue weighted by Crippen LogP contribution is -2.29. The molecule has 1 aromatic rings. The Morgan fingerprint density at radius 3 is 2.67 bits per heavy atom. The van der Waals surface area contributed by atoms with Crippen LogP contribution in [0.15, 0.2) is 18.2 Å². The van der Waals surface area contributed by atoms with Gasteiger partial charge in [0.25, 0.3) is 0 Å². The van der Waals surface area contributed by atoms with Gasteiger partial charge in [-0.25, -0.2) is 17.9 Å². The molecule has 1 aromatic carbocycles. The van der Waals surface area contributed by atoms with Crippen LogP contribution in [0.1, 0.15) is 24.2 Å². The molecule has 0 aliphatic carbocycles. The Kier molecular flexibility index (Phi) is 6.44. The van der Waals surface area contributed by atoms with Crippen LogP contribution in [-0.2, 0) is 14.8 Å². The van der Waals surface area contributed by atoms with E-state index in [2.05, 4.69) is 10.0 Å². The molecule has 7 nitrogen and oxygen atoms in total. The molecule has 0 aliphatic rings. The second kappa shape index (κ2) is 7.84. The average Bonchev–Trinajstić information content (AvgIpc) is 2.40. The molecule has 0 unspecified atom stereocenters. The lowest BCUT2D eigenvalue weighted by Gasteiger charge is -2.12. The largest absolute Gasteiger partial charge is 0.462 e. The lowest BCUT2D eigenvalue weighted by atomic mass is 10.1. The van der Waals surface area contributed by atoms with Crippen molar-refractivity contribution in [2.45, 2.75) is 13.8 Å². The minimum Gasteiger partial charge on any atom is -0.462 e. The van der Waals surface area contributed by atoms with Crippen molar-refractivity contribution in [2.75, 3.05) is 36.5 Å². The molecule has 0 aliphatic heterocycles. The number of rotatable bonds is 8. The van der Waals surface area contributed by atoms with E-state index in [1.54, 1.807) is 26.0 Å². The van der Waals surface area contributed by atoms with Gasteiger partial charge in [-0.1, -0.05) is 6.92 Å². The van der Waals surface area contributed by atoms with Crippen molar-refractivity contribution in [3.8, 4) is 0 Å². The van der Waals surface area contributed by atoms with Crippen LogP contribution >= 0.6 is 0 Å². The van der Waals surface area contributed by atoms with Gasteiger partial charge in [-0.2, -0.15) is 0 Å². The van der Waals surface area contributed by atoms with Crippen LogP contribution in [0.3, 0.4) is 0 Å². The third-order valence-corrected chi connectivity index (χ3v) is 4.06. The SMILES string of the molecule is CCNS(=O)(=O)CCNc1ccc(N)cc1C(=O)OCC. The Morgan fingerprint density at radius 2 is 2.05 bits per heavy atom. The predicted molar refractivity (Wildman–Crippen MR) is 82.8 cm³/mol. The standard InChI is InChI=1S/C13H21N3O4S/c1-3-16-21(18,19)8-7-15-12-6-5-10(14)9-11(12)13(17)20-4-2/h5-6,9,15-16H,3-4,7-8,14H2,1-2H3. The summed E-state index contributed by atoms with van der Waals surface area (Å²) < 4.78 is 30.4. The molecular weight excluding hydrogens is 294 g/mol. The summed E-state index contributed by atoms with van der Waals surface area (Å²) >= 11 is 0. The van der Waals surface area contributed by atoms with Crippen LogP contribution in [0, 0.1) is 0 Å². The second-order valence-electron chi connectivity index (χ2n) is 4.27. The third kappa shape index (κ3) is 5.60. The summed E-state index contributed by atoms with van der Waals surface area (Å²) in [5.74, 6) is -0.588. The molecule has 21 heavy (non-hydrogen) atoms. The Labute approximate surface area is 124 Å². The van der Waals surface area contributed by atoms with Gasteiger partial charge in [0.15, 0.2) is 0 Å². The molecule has 0 aromatic heterocycles. The van der Waals surface area contributed by atoms with Gasteiger partial charge in [0, 0.05) is 24.5 Å². The van der Waals surface area contributed by atoms with Gasteiger partial charge in [-0.15, -0.1) is 0 Å². The summed E-state index contributed by atoms with van der Waals surface area (Å²) in [7, 11) is -3.31. The van der Waals surface area contributed by atoms with Gasteiger partial charge >= 0.3 is 5.97 Å². The van der Waals surface area contributed by atoms with Gasteiger partial charge in [-0.3, -0.25) is 0 Å². The molecule has 0 bridgehead atoms. The predicted octanol–water partition coefficient (Wildman–Crippen LogP) is 0.797. The number of carbonyl (C=O) groups excluding carboxylic acids is 1. The maximum absolute atomic E-state index is 11.8. The smallest absolute Gasteiger partial charge is 0.340 e. The van der Waals surface area contributed by atoms with E-state index in [0.717, 1.165) is 0 Å². The number of nitrogens with one attached hydrogen (secondary N) is 2. The maximum Gasteiger partial charge on any atom is 0.340 e. The Balaban J connectivity index is 2.77. The summed E-state index contributed by atoms with van der Waals surface area (Å²) in [6, 6.07) is 4.75. The highest BCUT2D eigenvalue weighted by molar-refractivity contribution is 7.89. The Hall–Kier alpha value is -1.80. The Bertz CT molecular complexity index is 587. The van der Waals surface area contributed by atoms with Crippen molar-refractivity contribution >= 4 is 27.4 Å². The monoisotopic (exact) mass is 315 g/mol. The number of hydrogen-bond donors (Lipinski definition) is 3. The number of nitrogen functional groups attached to an aromatic ring is 1. The lowest BCUT2D eigenvalue weighted by molar-refractivity contribution is 0.0527. The summed E-state index contributed by atoms with van der Waals surface area (Å²) in [6.07, 6.45) is 0. The second-order valence-corrected chi connectivity index (χ2v) is 6.20. The number of esters is 1. The van der Waals surface area contributed by atoms with Gasteiger partial charge in [-0.05, 0) is 25.1 Å². The van der Waals surface area contributed by atoms with Gasteiger partial charge < -0.3 is 15.8 Å². The minimum absolute atomic E-state index is 0.0898. The van der Waals surface area contributed by atoms with E-state index in [-0.39, 0.29) is 24.5 Å². The van der Waals surface area contributed by atoms with Crippen LogP contribution in [0.2, 0.25) is 0 Å². The molecule has 1 rings (SSSR count). The number of sulfonamides is 1. The normalized spacial score (nSPS) is 11.1. The van der Waals surface area contributed by atoms with Crippen molar-refractivity contribution in [2.24, 2.45) is 0 Å². The molecule has 0 radical (unpaired) electrons. The molecule has 0 amide bonds. The summed E-state index contributed by atoms with van der Waals surface area (Å²) in [6.45, 7) is 4.19. The molecule has 118 valence electrons. The van der Waals surface area contributed by atoms with E-state index in [9.17, 15) is 13.2 Å². The highest BCUT2D eigenvalue weighted by Gasteiger charge is 2.14. The van der Waals surface area contributed by atoms with Gasteiger partial charge in [0.05, 0.1) is 17.9 Å².